The molecule has 0 unspecified atom stereocenters. The lowest BCUT2D eigenvalue weighted by Gasteiger charge is -2.26. The first-order valence-electron chi connectivity index (χ1n) is 7.01. The molecule has 0 aliphatic heterocycles. The van der Waals surface area contributed by atoms with Gasteiger partial charge in [-0.15, -0.1) is 0 Å². The maximum Gasteiger partial charge on any atom is 0.267 e. The van der Waals surface area contributed by atoms with Crippen LogP contribution < -0.4 is 16.6 Å². The zero-order valence-electron chi connectivity index (χ0n) is 11.4. The van der Waals surface area contributed by atoms with Crippen molar-refractivity contribution in [3.63, 3.8) is 0 Å². The fourth-order valence-corrected chi connectivity index (χ4v) is 2.65. The summed E-state index contributed by atoms with van der Waals surface area (Å²) in [6.45, 7) is 1.44. The molecule has 0 atom stereocenters. The number of anilines is 1. The van der Waals surface area contributed by atoms with E-state index in [4.69, 9.17) is 10.5 Å². The molecule has 1 aromatic rings. The van der Waals surface area contributed by atoms with Crippen molar-refractivity contribution in [2.24, 2.45) is 5.73 Å². The van der Waals surface area contributed by atoms with Crippen molar-refractivity contribution in [3.05, 3.63) is 21.2 Å². The third-order valence-corrected chi connectivity index (χ3v) is 4.22. The first-order chi connectivity index (χ1) is 9.66. The van der Waals surface area contributed by atoms with E-state index in [9.17, 15) is 4.79 Å². The summed E-state index contributed by atoms with van der Waals surface area (Å²) in [5.74, 6) is 0.567. The molecule has 2 rings (SSSR count). The van der Waals surface area contributed by atoms with Gasteiger partial charge in [0.15, 0.2) is 0 Å². The van der Waals surface area contributed by atoms with E-state index < -0.39 is 0 Å². The van der Waals surface area contributed by atoms with Crippen LogP contribution in [0.2, 0.25) is 0 Å². The van der Waals surface area contributed by atoms with Gasteiger partial charge in [-0.05, 0) is 48.0 Å². The standard InChI is InChI=1S/C13H21BrN4O2/c14-11-12(17-8-18-13(11)19)16-6-1-7-20-10-4-2-9(15)3-5-10/h8-10H,1-7,15H2,(H2,16,17,18,19). The highest BCUT2D eigenvalue weighted by Gasteiger charge is 2.18. The maximum absolute atomic E-state index is 11.3. The van der Waals surface area contributed by atoms with Gasteiger partial charge in [0.1, 0.15) is 10.3 Å². The SMILES string of the molecule is NC1CCC(OCCCNc2nc[nH]c(=O)c2Br)CC1. The van der Waals surface area contributed by atoms with Gasteiger partial charge in [0.25, 0.3) is 5.56 Å². The van der Waals surface area contributed by atoms with Gasteiger partial charge in [0.2, 0.25) is 0 Å². The van der Waals surface area contributed by atoms with Crippen molar-refractivity contribution in [1.82, 2.24) is 9.97 Å². The monoisotopic (exact) mass is 344 g/mol. The lowest BCUT2D eigenvalue weighted by Crippen LogP contribution is -2.30. The molecule has 0 spiro atoms. The van der Waals surface area contributed by atoms with Gasteiger partial charge in [-0.25, -0.2) is 4.98 Å². The molecular weight excluding hydrogens is 324 g/mol. The topological polar surface area (TPSA) is 93.0 Å². The molecule has 1 aliphatic rings. The number of nitrogens with two attached hydrogens (primary N) is 1. The smallest absolute Gasteiger partial charge is 0.267 e. The Bertz CT molecular complexity index is 472. The second-order valence-corrected chi connectivity index (χ2v) is 5.88. The molecule has 1 saturated carbocycles. The van der Waals surface area contributed by atoms with Crippen LogP contribution in [0.1, 0.15) is 32.1 Å². The van der Waals surface area contributed by atoms with Crippen LogP contribution in [0.15, 0.2) is 15.6 Å². The molecule has 112 valence electrons. The number of hydrogen-bond donors (Lipinski definition) is 3. The van der Waals surface area contributed by atoms with E-state index in [2.05, 4.69) is 31.2 Å². The van der Waals surface area contributed by atoms with Crippen LogP contribution in [-0.4, -0.2) is 35.3 Å². The molecular formula is C13H21BrN4O2. The normalized spacial score (nSPS) is 22.7. The van der Waals surface area contributed by atoms with Crippen LogP contribution in [0.25, 0.3) is 0 Å². The number of ether oxygens (including phenoxy) is 1. The molecule has 0 aromatic carbocycles. The summed E-state index contributed by atoms with van der Waals surface area (Å²) in [7, 11) is 0. The number of nitrogens with zero attached hydrogens (tertiary/aromatic N) is 1. The summed E-state index contributed by atoms with van der Waals surface area (Å²) in [6.07, 6.45) is 6.88. The number of nitrogens with one attached hydrogen (secondary N) is 2. The zero-order valence-corrected chi connectivity index (χ0v) is 13.0. The van der Waals surface area contributed by atoms with E-state index in [1.165, 1.54) is 6.33 Å². The van der Waals surface area contributed by atoms with Crippen LogP contribution in [0.4, 0.5) is 5.82 Å². The summed E-state index contributed by atoms with van der Waals surface area (Å²) in [6, 6.07) is 0.358. The minimum absolute atomic E-state index is 0.183. The number of aromatic nitrogens is 2. The van der Waals surface area contributed by atoms with Crippen LogP contribution in [0.3, 0.4) is 0 Å². The van der Waals surface area contributed by atoms with Gasteiger partial charge in [-0.1, -0.05) is 0 Å². The highest BCUT2D eigenvalue weighted by atomic mass is 79.9. The Kier molecular flexibility index (Phi) is 6.00. The molecule has 1 aliphatic carbocycles. The van der Waals surface area contributed by atoms with E-state index in [1.807, 2.05) is 0 Å². The minimum atomic E-state index is -0.183. The largest absolute Gasteiger partial charge is 0.378 e. The molecule has 0 radical (unpaired) electrons. The average Bonchev–Trinajstić information content (AvgIpc) is 2.45. The van der Waals surface area contributed by atoms with E-state index in [-0.39, 0.29) is 5.56 Å². The highest BCUT2D eigenvalue weighted by Crippen LogP contribution is 2.20. The van der Waals surface area contributed by atoms with Crippen molar-refractivity contribution in [3.8, 4) is 0 Å². The Labute approximate surface area is 126 Å². The molecule has 0 saturated heterocycles. The van der Waals surface area contributed by atoms with Crippen molar-refractivity contribution in [1.29, 1.82) is 0 Å². The first-order valence-corrected chi connectivity index (χ1v) is 7.80. The number of hydrogen-bond acceptors (Lipinski definition) is 5. The fraction of sp³-hybridized carbons (Fsp3) is 0.692. The average molecular weight is 345 g/mol. The minimum Gasteiger partial charge on any atom is -0.378 e. The van der Waals surface area contributed by atoms with E-state index in [0.717, 1.165) is 38.6 Å². The Balaban J connectivity index is 1.62. The summed E-state index contributed by atoms with van der Waals surface area (Å²) in [5.41, 5.74) is 5.68. The van der Waals surface area contributed by atoms with Gasteiger partial charge < -0.3 is 20.8 Å². The summed E-state index contributed by atoms with van der Waals surface area (Å²) in [5, 5.41) is 3.12. The second-order valence-electron chi connectivity index (χ2n) is 5.08. The molecule has 0 amide bonds. The van der Waals surface area contributed by atoms with Gasteiger partial charge in [0, 0.05) is 19.2 Å². The van der Waals surface area contributed by atoms with Crippen molar-refractivity contribution in [2.45, 2.75) is 44.2 Å². The van der Waals surface area contributed by atoms with Gasteiger partial charge in [-0.2, -0.15) is 0 Å². The van der Waals surface area contributed by atoms with Crippen LogP contribution >= 0.6 is 15.9 Å². The molecule has 0 bridgehead atoms. The fourth-order valence-electron chi connectivity index (χ4n) is 2.29. The van der Waals surface area contributed by atoms with E-state index in [0.29, 0.717) is 29.0 Å². The molecule has 4 N–H and O–H groups in total. The molecule has 1 heterocycles. The first kappa shape index (κ1) is 15.5. The predicted molar refractivity (Wildman–Crippen MR) is 81.8 cm³/mol. The van der Waals surface area contributed by atoms with Gasteiger partial charge >= 0.3 is 0 Å². The lowest BCUT2D eigenvalue weighted by molar-refractivity contribution is 0.0251. The molecule has 1 fully saturated rings. The number of H-pyrrole nitrogens is 1. The predicted octanol–water partition coefficient (Wildman–Crippen LogP) is 1.62. The quantitative estimate of drug-likeness (QED) is 0.682. The summed E-state index contributed by atoms with van der Waals surface area (Å²) in [4.78, 5) is 17.9. The Morgan fingerprint density at radius 3 is 2.95 bits per heavy atom. The van der Waals surface area contributed by atoms with Gasteiger partial charge in [-0.3, -0.25) is 4.79 Å². The van der Waals surface area contributed by atoms with Gasteiger partial charge in [0.05, 0.1) is 12.4 Å². The Hall–Kier alpha value is -0.920. The third-order valence-electron chi connectivity index (χ3n) is 3.48. The second kappa shape index (κ2) is 7.75. The molecule has 6 nitrogen and oxygen atoms in total. The summed E-state index contributed by atoms with van der Waals surface area (Å²) < 4.78 is 6.26. The van der Waals surface area contributed by atoms with Crippen molar-refractivity contribution >= 4 is 21.7 Å². The van der Waals surface area contributed by atoms with E-state index in [1.54, 1.807) is 0 Å². The molecule has 1 aromatic heterocycles. The van der Waals surface area contributed by atoms with Crippen molar-refractivity contribution in [2.75, 3.05) is 18.5 Å². The van der Waals surface area contributed by atoms with E-state index >= 15 is 0 Å². The molecule has 7 heteroatoms. The third kappa shape index (κ3) is 4.57. The number of halogens is 1. The zero-order chi connectivity index (χ0) is 14.4. The Morgan fingerprint density at radius 2 is 2.20 bits per heavy atom. The van der Waals surface area contributed by atoms with Crippen LogP contribution in [0, 0.1) is 0 Å². The van der Waals surface area contributed by atoms with Crippen molar-refractivity contribution < 1.29 is 4.74 Å². The number of rotatable bonds is 6. The highest BCUT2D eigenvalue weighted by molar-refractivity contribution is 9.10. The summed E-state index contributed by atoms with van der Waals surface area (Å²) >= 11 is 3.21. The molecule has 20 heavy (non-hydrogen) atoms. The van der Waals surface area contributed by atoms with Crippen LogP contribution in [0.5, 0.6) is 0 Å². The maximum atomic E-state index is 11.3. The lowest BCUT2D eigenvalue weighted by atomic mass is 9.94. The Morgan fingerprint density at radius 1 is 1.45 bits per heavy atom. The van der Waals surface area contributed by atoms with Crippen LogP contribution in [-0.2, 0) is 4.74 Å². The number of aromatic amines is 1.